The van der Waals surface area contributed by atoms with Crippen LogP contribution >= 0.6 is 0 Å². The molecule has 0 saturated carbocycles. The van der Waals surface area contributed by atoms with Gasteiger partial charge in [0.1, 0.15) is 17.3 Å². The molecule has 0 spiro atoms. The van der Waals surface area contributed by atoms with Crippen LogP contribution in [-0.2, 0) is 18.3 Å². The van der Waals surface area contributed by atoms with Crippen molar-refractivity contribution in [2.45, 2.75) is 40.3 Å². The Morgan fingerprint density at radius 2 is 1.96 bits per heavy atom. The number of aromatic nitrogens is 2. The molecule has 2 aromatic rings. The Labute approximate surface area is 143 Å². The van der Waals surface area contributed by atoms with Gasteiger partial charge in [0.15, 0.2) is 0 Å². The number of morpholine rings is 1. The molecule has 24 heavy (non-hydrogen) atoms. The van der Waals surface area contributed by atoms with Crippen molar-refractivity contribution in [2.24, 2.45) is 7.05 Å². The zero-order chi connectivity index (χ0) is 17.3. The van der Waals surface area contributed by atoms with Crippen LogP contribution in [-0.4, -0.2) is 36.1 Å². The van der Waals surface area contributed by atoms with Gasteiger partial charge in [0.2, 0.25) is 0 Å². The third kappa shape index (κ3) is 3.35. The van der Waals surface area contributed by atoms with Crippen LogP contribution in [0.5, 0.6) is 0 Å². The Balaban J connectivity index is 1.76. The van der Waals surface area contributed by atoms with Gasteiger partial charge >= 0.3 is 0 Å². The molecule has 0 aromatic carbocycles. The maximum Gasteiger partial charge on any atom is 0.131 e. The van der Waals surface area contributed by atoms with E-state index in [2.05, 4.69) is 35.2 Å². The first kappa shape index (κ1) is 17.0. The van der Waals surface area contributed by atoms with E-state index in [4.69, 9.17) is 9.15 Å². The third-order valence-electron chi connectivity index (χ3n) is 4.75. The van der Waals surface area contributed by atoms with E-state index in [1.165, 1.54) is 16.9 Å². The number of ether oxygens (including phenoxy) is 1. The molecule has 0 radical (unpaired) electrons. The van der Waals surface area contributed by atoms with E-state index >= 15 is 0 Å². The summed E-state index contributed by atoms with van der Waals surface area (Å²) in [6, 6.07) is 2.35. The highest BCUT2D eigenvalue weighted by Crippen LogP contribution is 2.26. The quantitative estimate of drug-likeness (QED) is 0.912. The molecule has 0 aliphatic carbocycles. The Kier molecular flexibility index (Phi) is 4.96. The van der Waals surface area contributed by atoms with Gasteiger partial charge in [-0.15, -0.1) is 0 Å². The van der Waals surface area contributed by atoms with Crippen molar-refractivity contribution in [2.75, 3.05) is 31.2 Å². The minimum atomic E-state index is 0.236. The fourth-order valence-electron chi connectivity index (χ4n) is 3.51. The predicted molar refractivity (Wildman–Crippen MR) is 94.4 cm³/mol. The van der Waals surface area contributed by atoms with Crippen LogP contribution in [0.3, 0.4) is 0 Å². The van der Waals surface area contributed by atoms with E-state index in [9.17, 15) is 0 Å². The standard InChI is InChI=1S/C18H28N4O2/c1-12-10-16(15(4)24-12)13(2)19-11-17-14(3)20-21(5)18(17)22-6-8-23-9-7-22/h10,13,19H,6-9,11H2,1-5H3/t13-/m1/s1. The van der Waals surface area contributed by atoms with E-state index < -0.39 is 0 Å². The number of nitrogens with one attached hydrogen (secondary N) is 1. The van der Waals surface area contributed by atoms with Gasteiger partial charge in [-0.1, -0.05) is 0 Å². The molecule has 6 nitrogen and oxygen atoms in total. The van der Waals surface area contributed by atoms with Crippen molar-refractivity contribution in [3.05, 3.63) is 34.4 Å². The Bertz CT molecular complexity index is 698. The van der Waals surface area contributed by atoms with Gasteiger partial charge in [0, 0.05) is 43.9 Å². The first-order valence-electron chi connectivity index (χ1n) is 8.63. The van der Waals surface area contributed by atoms with Crippen LogP contribution in [0, 0.1) is 20.8 Å². The normalized spacial score (nSPS) is 16.6. The van der Waals surface area contributed by atoms with Crippen LogP contribution < -0.4 is 10.2 Å². The monoisotopic (exact) mass is 332 g/mol. The van der Waals surface area contributed by atoms with E-state index in [-0.39, 0.29) is 6.04 Å². The summed E-state index contributed by atoms with van der Waals surface area (Å²) in [5.74, 6) is 3.15. The van der Waals surface area contributed by atoms with Crippen LogP contribution in [0.15, 0.2) is 10.5 Å². The molecule has 0 bridgehead atoms. The topological polar surface area (TPSA) is 55.5 Å². The van der Waals surface area contributed by atoms with Crippen molar-refractivity contribution >= 4 is 5.82 Å². The molecule has 1 aliphatic rings. The summed E-state index contributed by atoms with van der Waals surface area (Å²) in [4.78, 5) is 2.37. The number of furan rings is 1. The summed E-state index contributed by atoms with van der Waals surface area (Å²) in [7, 11) is 2.02. The van der Waals surface area contributed by atoms with Crippen molar-refractivity contribution in [1.29, 1.82) is 0 Å². The molecule has 3 heterocycles. The van der Waals surface area contributed by atoms with Crippen molar-refractivity contribution in [3.8, 4) is 0 Å². The zero-order valence-corrected chi connectivity index (χ0v) is 15.3. The van der Waals surface area contributed by atoms with Crippen LogP contribution in [0.4, 0.5) is 5.82 Å². The van der Waals surface area contributed by atoms with E-state index in [0.29, 0.717) is 0 Å². The van der Waals surface area contributed by atoms with E-state index in [1.54, 1.807) is 0 Å². The fourth-order valence-corrected chi connectivity index (χ4v) is 3.51. The number of hydrogen-bond acceptors (Lipinski definition) is 5. The van der Waals surface area contributed by atoms with E-state index in [0.717, 1.165) is 50.1 Å². The molecule has 6 heteroatoms. The smallest absolute Gasteiger partial charge is 0.131 e. The highest BCUT2D eigenvalue weighted by molar-refractivity contribution is 5.50. The summed E-state index contributed by atoms with van der Waals surface area (Å²) in [6.07, 6.45) is 0. The fraction of sp³-hybridized carbons (Fsp3) is 0.611. The lowest BCUT2D eigenvalue weighted by atomic mass is 10.1. The molecule has 1 atom stereocenters. The molecule has 0 amide bonds. The molecule has 1 saturated heterocycles. The van der Waals surface area contributed by atoms with Crippen LogP contribution in [0.1, 0.15) is 41.3 Å². The highest BCUT2D eigenvalue weighted by atomic mass is 16.5. The predicted octanol–water partition coefficient (Wildman–Crippen LogP) is 2.63. The lowest BCUT2D eigenvalue weighted by Crippen LogP contribution is -2.38. The van der Waals surface area contributed by atoms with Gasteiger partial charge in [0.25, 0.3) is 0 Å². The third-order valence-corrected chi connectivity index (χ3v) is 4.75. The number of nitrogens with zero attached hydrogens (tertiary/aromatic N) is 3. The lowest BCUT2D eigenvalue weighted by molar-refractivity contribution is 0.122. The summed E-state index contributed by atoms with van der Waals surface area (Å²) in [6.45, 7) is 12.5. The second-order valence-electron chi connectivity index (χ2n) is 6.58. The minimum Gasteiger partial charge on any atom is -0.466 e. The van der Waals surface area contributed by atoms with Gasteiger partial charge in [-0.25, -0.2) is 0 Å². The summed E-state index contributed by atoms with van der Waals surface area (Å²) >= 11 is 0. The minimum absolute atomic E-state index is 0.236. The molecule has 2 aromatic heterocycles. The Morgan fingerprint density at radius 3 is 2.58 bits per heavy atom. The summed E-state index contributed by atoms with van der Waals surface area (Å²) in [5, 5.41) is 8.27. The van der Waals surface area contributed by atoms with Gasteiger partial charge < -0.3 is 19.4 Å². The molecule has 132 valence electrons. The molecule has 1 aliphatic heterocycles. The summed E-state index contributed by atoms with van der Waals surface area (Å²) < 4.78 is 13.1. The average molecular weight is 332 g/mol. The Hall–Kier alpha value is -1.79. The maximum atomic E-state index is 5.66. The molecular weight excluding hydrogens is 304 g/mol. The van der Waals surface area contributed by atoms with E-state index in [1.807, 2.05) is 25.6 Å². The zero-order valence-electron chi connectivity index (χ0n) is 15.3. The maximum absolute atomic E-state index is 5.66. The lowest BCUT2D eigenvalue weighted by Gasteiger charge is -2.29. The first-order valence-corrected chi connectivity index (χ1v) is 8.63. The highest BCUT2D eigenvalue weighted by Gasteiger charge is 2.22. The molecule has 3 rings (SSSR count). The van der Waals surface area contributed by atoms with Crippen LogP contribution in [0.2, 0.25) is 0 Å². The van der Waals surface area contributed by atoms with Crippen molar-refractivity contribution in [1.82, 2.24) is 15.1 Å². The second-order valence-corrected chi connectivity index (χ2v) is 6.58. The largest absolute Gasteiger partial charge is 0.466 e. The Morgan fingerprint density at radius 1 is 1.25 bits per heavy atom. The molecule has 1 N–H and O–H groups in total. The SMILES string of the molecule is Cc1cc([C@@H](C)NCc2c(C)nn(C)c2N2CCOCC2)c(C)o1. The number of aryl methyl sites for hydroxylation is 4. The summed E-state index contributed by atoms with van der Waals surface area (Å²) in [5.41, 5.74) is 3.57. The number of anilines is 1. The second kappa shape index (κ2) is 6.99. The van der Waals surface area contributed by atoms with Gasteiger partial charge in [-0.2, -0.15) is 5.10 Å². The molecule has 0 unspecified atom stereocenters. The number of hydrogen-bond donors (Lipinski definition) is 1. The molecular formula is C18H28N4O2. The van der Waals surface area contributed by atoms with Gasteiger partial charge in [-0.05, 0) is 33.8 Å². The number of rotatable bonds is 5. The average Bonchev–Trinajstić information content (AvgIpc) is 3.03. The van der Waals surface area contributed by atoms with Crippen molar-refractivity contribution in [3.63, 3.8) is 0 Å². The molecule has 1 fully saturated rings. The van der Waals surface area contributed by atoms with Crippen LogP contribution in [0.25, 0.3) is 0 Å². The van der Waals surface area contributed by atoms with Crippen molar-refractivity contribution < 1.29 is 9.15 Å². The van der Waals surface area contributed by atoms with Gasteiger partial charge in [-0.3, -0.25) is 4.68 Å². The van der Waals surface area contributed by atoms with Gasteiger partial charge in [0.05, 0.1) is 18.9 Å². The first-order chi connectivity index (χ1) is 11.5.